The van der Waals surface area contributed by atoms with Gasteiger partial charge in [0.05, 0.1) is 0 Å². The van der Waals surface area contributed by atoms with E-state index in [4.69, 9.17) is 0 Å². The zero-order valence-electron chi connectivity index (χ0n) is 13.0. The zero-order valence-corrected chi connectivity index (χ0v) is 13.0. The Morgan fingerprint density at radius 1 is 1.09 bits per heavy atom. The first-order valence-electron chi connectivity index (χ1n) is 7.30. The highest BCUT2D eigenvalue weighted by Gasteiger charge is 2.14. The normalized spacial score (nSPS) is 10.5. The summed E-state index contributed by atoms with van der Waals surface area (Å²) in [5.74, 6) is 0.405. The average Bonchev–Trinajstić information content (AvgIpc) is 3.04. The van der Waals surface area contributed by atoms with E-state index in [0.717, 1.165) is 16.8 Å². The lowest BCUT2D eigenvalue weighted by molar-refractivity contribution is -0.119. The molecule has 23 heavy (non-hydrogen) atoms. The fourth-order valence-corrected chi connectivity index (χ4v) is 2.15. The topological polar surface area (TPSA) is 63.9 Å². The quantitative estimate of drug-likeness (QED) is 0.742. The van der Waals surface area contributed by atoms with E-state index in [1.165, 1.54) is 4.80 Å². The van der Waals surface area contributed by atoms with Crippen molar-refractivity contribution in [2.24, 2.45) is 0 Å². The van der Waals surface area contributed by atoms with Gasteiger partial charge in [-0.3, -0.25) is 4.79 Å². The molecule has 0 radical (unpaired) electrons. The van der Waals surface area contributed by atoms with E-state index in [2.05, 4.69) is 15.4 Å². The second-order valence-corrected chi connectivity index (χ2v) is 5.30. The van der Waals surface area contributed by atoms with Crippen LogP contribution in [0.4, 0.5) is 5.69 Å². The van der Waals surface area contributed by atoms with Crippen LogP contribution in [0.3, 0.4) is 0 Å². The summed E-state index contributed by atoms with van der Waals surface area (Å²) in [4.78, 5) is 15.2. The summed E-state index contributed by atoms with van der Waals surface area (Å²) in [7, 11) is 1.74. The van der Waals surface area contributed by atoms with Gasteiger partial charge in [-0.25, -0.2) is 0 Å². The Bertz CT molecular complexity index is 795. The number of carbonyl (C=O) groups is 1. The van der Waals surface area contributed by atoms with Crippen LogP contribution in [0.2, 0.25) is 0 Å². The minimum atomic E-state index is -0.106. The maximum absolute atomic E-state index is 12.3. The standard InChI is InChI=1S/C17H17N5O/c1-13-8-10-15(11-9-13)21(2)16(23)12-22-19-17(18-20-22)14-6-4-3-5-7-14/h3-11H,12H2,1-2H3. The molecule has 0 aliphatic rings. The zero-order chi connectivity index (χ0) is 16.2. The van der Waals surface area contributed by atoms with Crippen molar-refractivity contribution in [1.82, 2.24) is 20.2 Å². The third-order valence-corrected chi connectivity index (χ3v) is 3.56. The number of nitrogens with zero attached hydrogens (tertiary/aromatic N) is 5. The van der Waals surface area contributed by atoms with Crippen molar-refractivity contribution in [2.45, 2.75) is 13.5 Å². The van der Waals surface area contributed by atoms with Gasteiger partial charge in [0.2, 0.25) is 11.7 Å². The van der Waals surface area contributed by atoms with Gasteiger partial charge >= 0.3 is 0 Å². The second-order valence-electron chi connectivity index (χ2n) is 5.30. The first-order chi connectivity index (χ1) is 11.1. The van der Waals surface area contributed by atoms with Gasteiger partial charge in [0.15, 0.2) is 0 Å². The molecule has 0 saturated carbocycles. The third-order valence-electron chi connectivity index (χ3n) is 3.56. The lowest BCUT2D eigenvalue weighted by atomic mass is 10.2. The molecular formula is C17H17N5O. The average molecular weight is 307 g/mol. The Hall–Kier alpha value is -3.02. The molecule has 0 bridgehead atoms. The maximum Gasteiger partial charge on any atom is 0.250 e. The van der Waals surface area contributed by atoms with Gasteiger partial charge in [-0.1, -0.05) is 48.0 Å². The molecule has 116 valence electrons. The number of tetrazole rings is 1. The van der Waals surface area contributed by atoms with E-state index in [0.29, 0.717) is 5.82 Å². The first-order valence-corrected chi connectivity index (χ1v) is 7.30. The predicted molar refractivity (Wildman–Crippen MR) is 87.8 cm³/mol. The van der Waals surface area contributed by atoms with Crippen molar-refractivity contribution in [1.29, 1.82) is 0 Å². The number of hydrogen-bond acceptors (Lipinski definition) is 4. The number of hydrogen-bond donors (Lipinski definition) is 0. The van der Waals surface area contributed by atoms with Crippen molar-refractivity contribution in [3.63, 3.8) is 0 Å². The van der Waals surface area contributed by atoms with E-state index in [9.17, 15) is 4.79 Å². The van der Waals surface area contributed by atoms with E-state index in [1.54, 1.807) is 11.9 Å². The van der Waals surface area contributed by atoms with E-state index in [-0.39, 0.29) is 12.5 Å². The number of anilines is 1. The van der Waals surface area contributed by atoms with E-state index >= 15 is 0 Å². The van der Waals surface area contributed by atoms with Crippen LogP contribution in [0.15, 0.2) is 54.6 Å². The Labute approximate surface area is 134 Å². The number of rotatable bonds is 4. The largest absolute Gasteiger partial charge is 0.314 e. The Kier molecular flexibility index (Phi) is 4.14. The van der Waals surface area contributed by atoms with Crippen molar-refractivity contribution in [2.75, 3.05) is 11.9 Å². The molecule has 0 N–H and O–H groups in total. The number of benzene rings is 2. The Morgan fingerprint density at radius 2 is 1.78 bits per heavy atom. The SMILES string of the molecule is Cc1ccc(N(C)C(=O)Cn2nnc(-c3ccccc3)n2)cc1. The number of aromatic nitrogens is 4. The van der Waals surface area contributed by atoms with Gasteiger partial charge in [0.1, 0.15) is 6.54 Å². The highest BCUT2D eigenvalue weighted by molar-refractivity contribution is 5.92. The summed E-state index contributed by atoms with van der Waals surface area (Å²) < 4.78 is 0. The summed E-state index contributed by atoms with van der Waals surface area (Å²) >= 11 is 0. The summed E-state index contributed by atoms with van der Waals surface area (Å²) in [6, 6.07) is 17.3. The van der Waals surface area contributed by atoms with Crippen molar-refractivity contribution >= 4 is 11.6 Å². The van der Waals surface area contributed by atoms with Gasteiger partial charge in [-0.05, 0) is 24.3 Å². The van der Waals surface area contributed by atoms with E-state index in [1.807, 2.05) is 61.5 Å². The van der Waals surface area contributed by atoms with Crippen molar-refractivity contribution in [3.05, 3.63) is 60.2 Å². The molecule has 0 aliphatic heterocycles. The molecule has 0 aliphatic carbocycles. The maximum atomic E-state index is 12.3. The van der Waals surface area contributed by atoms with E-state index < -0.39 is 0 Å². The number of amides is 1. The molecule has 1 heterocycles. The van der Waals surface area contributed by atoms with Gasteiger partial charge in [0, 0.05) is 18.3 Å². The molecule has 3 aromatic rings. The Balaban J connectivity index is 1.71. The number of likely N-dealkylation sites (N-methyl/N-ethyl adjacent to an activating group) is 1. The smallest absolute Gasteiger partial charge is 0.250 e. The third kappa shape index (κ3) is 3.42. The first kappa shape index (κ1) is 14.9. The van der Waals surface area contributed by atoms with Crippen LogP contribution in [0.5, 0.6) is 0 Å². The lowest BCUT2D eigenvalue weighted by Gasteiger charge is -2.16. The van der Waals surface area contributed by atoms with Gasteiger partial charge in [-0.2, -0.15) is 4.80 Å². The molecule has 0 spiro atoms. The molecular weight excluding hydrogens is 290 g/mol. The summed E-state index contributed by atoms with van der Waals surface area (Å²) in [6.45, 7) is 2.06. The van der Waals surface area contributed by atoms with Crippen molar-refractivity contribution in [3.8, 4) is 11.4 Å². The summed E-state index contributed by atoms with van der Waals surface area (Å²) in [5.41, 5.74) is 2.86. The van der Waals surface area contributed by atoms with Crippen molar-refractivity contribution < 1.29 is 4.79 Å². The minimum absolute atomic E-state index is 0.0458. The summed E-state index contributed by atoms with van der Waals surface area (Å²) in [5, 5.41) is 12.2. The minimum Gasteiger partial charge on any atom is -0.314 e. The Morgan fingerprint density at radius 3 is 2.48 bits per heavy atom. The highest BCUT2D eigenvalue weighted by Crippen LogP contribution is 2.14. The van der Waals surface area contributed by atoms with Crippen LogP contribution < -0.4 is 4.90 Å². The van der Waals surface area contributed by atoms with Crippen LogP contribution in [0.1, 0.15) is 5.56 Å². The van der Waals surface area contributed by atoms with Gasteiger partial charge in [0.25, 0.3) is 0 Å². The van der Waals surface area contributed by atoms with Gasteiger partial charge < -0.3 is 4.90 Å². The molecule has 0 unspecified atom stereocenters. The van der Waals surface area contributed by atoms with Crippen LogP contribution in [0, 0.1) is 6.92 Å². The number of carbonyl (C=O) groups excluding carboxylic acids is 1. The fourth-order valence-electron chi connectivity index (χ4n) is 2.15. The molecule has 0 atom stereocenters. The summed E-state index contributed by atoms with van der Waals surface area (Å²) in [6.07, 6.45) is 0. The predicted octanol–water partition coefficient (Wildman–Crippen LogP) is 2.31. The highest BCUT2D eigenvalue weighted by atomic mass is 16.2. The van der Waals surface area contributed by atoms with Crippen LogP contribution in [0.25, 0.3) is 11.4 Å². The van der Waals surface area contributed by atoms with Gasteiger partial charge in [-0.15, -0.1) is 10.2 Å². The molecule has 3 rings (SSSR count). The van der Waals surface area contributed by atoms with Crippen LogP contribution >= 0.6 is 0 Å². The molecule has 6 heteroatoms. The molecule has 6 nitrogen and oxygen atoms in total. The second kappa shape index (κ2) is 6.39. The monoisotopic (exact) mass is 307 g/mol. The molecule has 1 amide bonds. The van der Waals surface area contributed by atoms with Crippen LogP contribution in [-0.2, 0) is 11.3 Å². The molecule has 1 aromatic heterocycles. The lowest BCUT2D eigenvalue weighted by Crippen LogP contribution is -2.30. The number of aryl methyl sites for hydroxylation is 1. The molecule has 2 aromatic carbocycles. The molecule has 0 saturated heterocycles. The molecule has 0 fully saturated rings. The fraction of sp³-hybridized carbons (Fsp3) is 0.176. The van der Waals surface area contributed by atoms with Crippen LogP contribution in [-0.4, -0.2) is 33.2 Å².